The van der Waals surface area contributed by atoms with E-state index in [2.05, 4.69) is 0 Å². The maximum atomic E-state index is 13.0. The van der Waals surface area contributed by atoms with Gasteiger partial charge in [0, 0.05) is 25.4 Å². The molecule has 0 aromatic rings. The van der Waals surface area contributed by atoms with Crippen LogP contribution in [0.1, 0.15) is 20.3 Å². The van der Waals surface area contributed by atoms with Gasteiger partial charge in [-0.1, -0.05) is 6.92 Å². The number of piperidine rings is 1. The van der Waals surface area contributed by atoms with Crippen molar-refractivity contribution >= 4 is 10.0 Å². The second-order valence-corrected chi connectivity index (χ2v) is 5.93. The van der Waals surface area contributed by atoms with E-state index < -0.39 is 21.9 Å². The highest BCUT2D eigenvalue weighted by molar-refractivity contribution is 7.89. The highest BCUT2D eigenvalue weighted by atomic mass is 32.2. The molecular formula is C8H15F2NO2S. The van der Waals surface area contributed by atoms with Crippen LogP contribution in [0.5, 0.6) is 0 Å². The topological polar surface area (TPSA) is 37.4 Å². The summed E-state index contributed by atoms with van der Waals surface area (Å²) in [6.07, 6.45) is -0.368. The molecule has 84 valence electrons. The summed E-state index contributed by atoms with van der Waals surface area (Å²) in [6.45, 7) is 2.78. The molecule has 0 spiro atoms. The second-order valence-electron chi connectivity index (χ2n) is 3.67. The first kappa shape index (κ1) is 11.8. The van der Waals surface area contributed by atoms with E-state index in [1.807, 2.05) is 0 Å². The summed E-state index contributed by atoms with van der Waals surface area (Å²) < 4.78 is 50.0. The van der Waals surface area contributed by atoms with Crippen LogP contribution >= 0.6 is 0 Å². The van der Waals surface area contributed by atoms with Crippen molar-refractivity contribution in [3.8, 4) is 0 Å². The number of halogens is 2. The lowest BCUT2D eigenvalue weighted by Crippen LogP contribution is -2.48. The molecule has 1 atom stereocenters. The van der Waals surface area contributed by atoms with Gasteiger partial charge in [-0.15, -0.1) is 0 Å². The molecule has 0 aliphatic carbocycles. The maximum absolute atomic E-state index is 13.0. The minimum Gasteiger partial charge on any atom is -0.212 e. The molecule has 14 heavy (non-hydrogen) atoms. The Hall–Kier alpha value is -0.230. The average Bonchev–Trinajstić information content (AvgIpc) is 2.09. The Labute approximate surface area is 83.1 Å². The first-order chi connectivity index (χ1) is 6.29. The van der Waals surface area contributed by atoms with Gasteiger partial charge in [0.2, 0.25) is 10.0 Å². The van der Waals surface area contributed by atoms with Crippen LogP contribution in [0.3, 0.4) is 0 Å². The quantitative estimate of drug-likeness (QED) is 0.713. The summed E-state index contributed by atoms with van der Waals surface area (Å²) in [6, 6.07) is 0. The van der Waals surface area contributed by atoms with Crippen LogP contribution < -0.4 is 0 Å². The van der Waals surface area contributed by atoms with E-state index in [9.17, 15) is 17.2 Å². The van der Waals surface area contributed by atoms with Gasteiger partial charge in [-0.25, -0.2) is 21.5 Å². The van der Waals surface area contributed by atoms with Gasteiger partial charge in [-0.3, -0.25) is 0 Å². The molecule has 0 N–H and O–H groups in total. The van der Waals surface area contributed by atoms with E-state index in [0.717, 1.165) is 4.31 Å². The SMILES string of the molecule is CCS(=O)(=O)N1CCC(F)(F)[C@@H](C)C1. The molecule has 1 saturated heterocycles. The van der Waals surface area contributed by atoms with Crippen LogP contribution in [-0.2, 0) is 10.0 Å². The molecule has 3 nitrogen and oxygen atoms in total. The second kappa shape index (κ2) is 3.73. The normalized spacial score (nSPS) is 29.0. The van der Waals surface area contributed by atoms with Crippen molar-refractivity contribution in [1.82, 2.24) is 4.31 Å². The number of sulfonamides is 1. The van der Waals surface area contributed by atoms with Crippen molar-refractivity contribution in [3.63, 3.8) is 0 Å². The van der Waals surface area contributed by atoms with Crippen molar-refractivity contribution < 1.29 is 17.2 Å². The van der Waals surface area contributed by atoms with Crippen molar-refractivity contribution in [2.24, 2.45) is 5.92 Å². The summed E-state index contributed by atoms with van der Waals surface area (Å²) in [7, 11) is -3.30. The summed E-state index contributed by atoms with van der Waals surface area (Å²) >= 11 is 0. The highest BCUT2D eigenvalue weighted by Gasteiger charge is 2.43. The van der Waals surface area contributed by atoms with Crippen LogP contribution in [0.2, 0.25) is 0 Å². The van der Waals surface area contributed by atoms with Gasteiger partial charge in [0.25, 0.3) is 5.92 Å². The zero-order valence-electron chi connectivity index (χ0n) is 8.33. The molecule has 1 fully saturated rings. The fourth-order valence-corrected chi connectivity index (χ4v) is 2.67. The van der Waals surface area contributed by atoms with Gasteiger partial charge < -0.3 is 0 Å². The van der Waals surface area contributed by atoms with Crippen LogP contribution in [0.4, 0.5) is 8.78 Å². The molecule has 0 amide bonds. The molecule has 0 bridgehead atoms. The molecule has 1 aliphatic rings. The minimum absolute atomic E-state index is 0.0225. The van der Waals surface area contributed by atoms with Crippen molar-refractivity contribution in [2.45, 2.75) is 26.2 Å². The Morgan fingerprint density at radius 1 is 1.50 bits per heavy atom. The lowest BCUT2D eigenvalue weighted by molar-refractivity contribution is -0.0853. The summed E-state index contributed by atoms with van der Waals surface area (Å²) in [4.78, 5) is 0. The third-order valence-corrected chi connectivity index (χ3v) is 4.50. The summed E-state index contributed by atoms with van der Waals surface area (Å²) in [5.74, 6) is -3.64. The van der Waals surface area contributed by atoms with E-state index in [0.29, 0.717) is 0 Å². The monoisotopic (exact) mass is 227 g/mol. The van der Waals surface area contributed by atoms with Gasteiger partial charge in [0.1, 0.15) is 0 Å². The third kappa shape index (κ3) is 2.23. The predicted molar refractivity (Wildman–Crippen MR) is 49.8 cm³/mol. The lowest BCUT2D eigenvalue weighted by Gasteiger charge is -2.35. The Balaban J connectivity index is 2.74. The fourth-order valence-electron chi connectivity index (χ4n) is 1.49. The number of hydrogen-bond donors (Lipinski definition) is 0. The van der Waals surface area contributed by atoms with Crippen LogP contribution in [0.25, 0.3) is 0 Å². The number of alkyl halides is 2. The molecule has 0 unspecified atom stereocenters. The molecule has 1 rings (SSSR count). The first-order valence-electron chi connectivity index (χ1n) is 4.65. The van der Waals surface area contributed by atoms with Crippen molar-refractivity contribution in [2.75, 3.05) is 18.8 Å². The Bertz CT molecular complexity index is 302. The maximum Gasteiger partial charge on any atom is 0.253 e. The van der Waals surface area contributed by atoms with Gasteiger partial charge in [-0.2, -0.15) is 0 Å². The lowest BCUT2D eigenvalue weighted by atomic mass is 9.97. The molecule has 0 radical (unpaired) electrons. The van der Waals surface area contributed by atoms with Gasteiger partial charge in [-0.05, 0) is 6.92 Å². The Morgan fingerprint density at radius 2 is 2.07 bits per heavy atom. The Kier molecular flexibility index (Phi) is 3.16. The fraction of sp³-hybridized carbons (Fsp3) is 1.00. The molecule has 6 heteroatoms. The third-order valence-electron chi connectivity index (χ3n) is 2.65. The molecule has 1 aliphatic heterocycles. The van der Waals surface area contributed by atoms with E-state index in [1.165, 1.54) is 13.8 Å². The standard InChI is InChI=1S/C8H15F2NO2S/c1-3-14(12,13)11-5-4-8(9,10)7(2)6-11/h7H,3-6H2,1-2H3/t7-/m0/s1. The summed E-state index contributed by atoms with van der Waals surface area (Å²) in [5, 5.41) is 0. The van der Waals surface area contributed by atoms with Crippen LogP contribution in [-0.4, -0.2) is 37.5 Å². The van der Waals surface area contributed by atoms with Crippen LogP contribution in [0.15, 0.2) is 0 Å². The van der Waals surface area contributed by atoms with Crippen molar-refractivity contribution in [3.05, 3.63) is 0 Å². The zero-order valence-corrected chi connectivity index (χ0v) is 9.15. The molecule has 0 aromatic carbocycles. The summed E-state index contributed by atoms with van der Waals surface area (Å²) in [5.41, 5.74) is 0. The van der Waals surface area contributed by atoms with Crippen LogP contribution in [0, 0.1) is 5.92 Å². The highest BCUT2D eigenvalue weighted by Crippen LogP contribution is 2.33. The largest absolute Gasteiger partial charge is 0.253 e. The Morgan fingerprint density at radius 3 is 2.50 bits per heavy atom. The number of hydrogen-bond acceptors (Lipinski definition) is 2. The number of nitrogens with zero attached hydrogens (tertiary/aromatic N) is 1. The van der Waals surface area contributed by atoms with Gasteiger partial charge in [0.05, 0.1) is 5.75 Å². The van der Waals surface area contributed by atoms with E-state index in [-0.39, 0.29) is 25.3 Å². The first-order valence-corrected chi connectivity index (χ1v) is 6.26. The molecule has 1 heterocycles. The van der Waals surface area contributed by atoms with E-state index in [4.69, 9.17) is 0 Å². The smallest absolute Gasteiger partial charge is 0.212 e. The molecule has 0 saturated carbocycles. The van der Waals surface area contributed by atoms with E-state index in [1.54, 1.807) is 0 Å². The number of rotatable bonds is 2. The zero-order chi connectivity index (χ0) is 11.0. The average molecular weight is 227 g/mol. The predicted octanol–water partition coefficient (Wildman–Crippen LogP) is 1.31. The van der Waals surface area contributed by atoms with Crippen molar-refractivity contribution in [1.29, 1.82) is 0 Å². The van der Waals surface area contributed by atoms with Gasteiger partial charge >= 0.3 is 0 Å². The molecule has 0 aromatic heterocycles. The van der Waals surface area contributed by atoms with E-state index >= 15 is 0 Å². The minimum atomic E-state index is -3.30. The van der Waals surface area contributed by atoms with Gasteiger partial charge in [0.15, 0.2) is 0 Å². The molecular weight excluding hydrogens is 212 g/mol.